The van der Waals surface area contributed by atoms with Gasteiger partial charge in [0.2, 0.25) is 11.8 Å². The highest BCUT2D eigenvalue weighted by molar-refractivity contribution is 5.87. The number of nitrogens with zero attached hydrogens (tertiary/aromatic N) is 1. The summed E-state index contributed by atoms with van der Waals surface area (Å²) in [6, 6.07) is 10.2. The van der Waals surface area contributed by atoms with E-state index in [1.54, 1.807) is 0 Å². The van der Waals surface area contributed by atoms with Gasteiger partial charge in [0.1, 0.15) is 6.04 Å². The monoisotopic (exact) mass is 330 g/mol. The third kappa shape index (κ3) is 3.78. The minimum absolute atomic E-state index is 0.120. The molecule has 24 heavy (non-hydrogen) atoms. The number of nitrogens with one attached hydrogen (secondary N) is 1. The van der Waals surface area contributed by atoms with Crippen molar-refractivity contribution < 1.29 is 14.7 Å². The van der Waals surface area contributed by atoms with Gasteiger partial charge in [-0.1, -0.05) is 30.3 Å². The van der Waals surface area contributed by atoms with E-state index in [2.05, 4.69) is 29.6 Å². The number of β-amino-alcohol motifs (C(OH)–C–C–N with tert-alkyl or cyclic N) is 1. The Morgan fingerprint density at radius 3 is 2.42 bits per heavy atom. The van der Waals surface area contributed by atoms with Crippen LogP contribution in [0.5, 0.6) is 0 Å². The van der Waals surface area contributed by atoms with Gasteiger partial charge in [-0.25, -0.2) is 0 Å². The van der Waals surface area contributed by atoms with Crippen molar-refractivity contribution in [2.24, 2.45) is 0 Å². The van der Waals surface area contributed by atoms with E-state index in [0.717, 1.165) is 25.7 Å². The van der Waals surface area contributed by atoms with Gasteiger partial charge in [-0.2, -0.15) is 0 Å². The van der Waals surface area contributed by atoms with E-state index in [0.29, 0.717) is 12.3 Å². The van der Waals surface area contributed by atoms with Crippen LogP contribution in [-0.2, 0) is 9.59 Å². The lowest BCUT2D eigenvalue weighted by Crippen LogP contribution is -2.48. The van der Waals surface area contributed by atoms with Gasteiger partial charge in [0.25, 0.3) is 0 Å². The second-order valence-corrected chi connectivity index (χ2v) is 7.04. The van der Waals surface area contributed by atoms with E-state index < -0.39 is 12.1 Å². The molecule has 5 heteroatoms. The molecule has 2 fully saturated rings. The molecule has 2 atom stereocenters. The summed E-state index contributed by atoms with van der Waals surface area (Å²) in [5.74, 6) is 0.297. The molecular weight excluding hydrogens is 304 g/mol. The molecule has 1 saturated carbocycles. The Kier molecular flexibility index (Phi) is 5.19. The van der Waals surface area contributed by atoms with Crippen molar-refractivity contribution in [1.29, 1.82) is 0 Å². The maximum atomic E-state index is 12.5. The Balaban J connectivity index is 1.52. The second kappa shape index (κ2) is 7.34. The van der Waals surface area contributed by atoms with E-state index >= 15 is 0 Å². The van der Waals surface area contributed by atoms with Gasteiger partial charge in [0.15, 0.2) is 0 Å². The first-order valence-corrected chi connectivity index (χ1v) is 8.85. The van der Waals surface area contributed by atoms with E-state index in [-0.39, 0.29) is 24.4 Å². The van der Waals surface area contributed by atoms with Crippen molar-refractivity contribution in [3.05, 3.63) is 35.9 Å². The molecule has 0 spiro atoms. The zero-order chi connectivity index (χ0) is 17.1. The van der Waals surface area contributed by atoms with Gasteiger partial charge >= 0.3 is 0 Å². The summed E-state index contributed by atoms with van der Waals surface area (Å²) in [5.41, 5.74) is 1.38. The molecule has 130 valence electrons. The first-order chi connectivity index (χ1) is 11.5. The van der Waals surface area contributed by atoms with Crippen LogP contribution in [0.25, 0.3) is 0 Å². The van der Waals surface area contributed by atoms with Gasteiger partial charge in [0.05, 0.1) is 6.10 Å². The number of rotatable bonds is 3. The Labute approximate surface area is 143 Å². The Morgan fingerprint density at radius 2 is 1.79 bits per heavy atom. The van der Waals surface area contributed by atoms with Crippen LogP contribution >= 0.6 is 0 Å². The fourth-order valence-corrected chi connectivity index (χ4v) is 4.00. The predicted octanol–water partition coefficient (Wildman–Crippen LogP) is 1.81. The van der Waals surface area contributed by atoms with Crippen molar-refractivity contribution >= 4 is 11.8 Å². The normalized spacial score (nSPS) is 30.2. The maximum Gasteiger partial charge on any atom is 0.243 e. The summed E-state index contributed by atoms with van der Waals surface area (Å²) in [7, 11) is 0. The van der Waals surface area contributed by atoms with E-state index in [9.17, 15) is 14.7 Å². The molecule has 1 aromatic rings. The molecule has 3 rings (SSSR count). The number of hydrogen-bond donors (Lipinski definition) is 2. The molecule has 1 saturated heterocycles. The molecule has 1 aromatic carbocycles. The SMILES string of the molecule is CC(=O)N1C[C@H](O)C[C@@H]1C(=O)NC1CCC(c2ccccc2)CC1. The predicted molar refractivity (Wildman–Crippen MR) is 91.4 cm³/mol. The molecule has 0 unspecified atom stereocenters. The minimum atomic E-state index is -0.599. The molecule has 1 heterocycles. The highest BCUT2D eigenvalue weighted by atomic mass is 16.3. The molecule has 2 N–H and O–H groups in total. The number of amides is 2. The summed E-state index contributed by atoms with van der Waals surface area (Å²) in [6.07, 6.45) is 3.79. The molecule has 5 nitrogen and oxygen atoms in total. The quantitative estimate of drug-likeness (QED) is 0.888. The molecule has 0 radical (unpaired) electrons. The van der Waals surface area contributed by atoms with Gasteiger partial charge < -0.3 is 15.3 Å². The average Bonchev–Trinajstić information content (AvgIpc) is 2.99. The topological polar surface area (TPSA) is 69.6 Å². The highest BCUT2D eigenvalue weighted by Gasteiger charge is 2.38. The van der Waals surface area contributed by atoms with E-state index in [1.807, 2.05) is 6.07 Å². The molecule has 0 aromatic heterocycles. The molecular formula is C19H26N2O3. The standard InChI is InChI=1S/C19H26N2O3/c1-13(22)21-12-17(23)11-18(21)19(24)20-16-9-7-15(8-10-16)14-5-3-2-4-6-14/h2-6,15-18,23H,7-12H2,1H3,(H,20,24)/t15?,16?,17-,18-/m1/s1. The lowest BCUT2D eigenvalue weighted by molar-refractivity contribution is -0.137. The number of aliphatic hydroxyl groups is 1. The Hall–Kier alpha value is -1.88. The Bertz CT molecular complexity index is 582. The molecule has 1 aliphatic carbocycles. The highest BCUT2D eigenvalue weighted by Crippen LogP contribution is 2.33. The van der Waals surface area contributed by atoms with E-state index in [4.69, 9.17) is 0 Å². The summed E-state index contributed by atoms with van der Waals surface area (Å²) >= 11 is 0. The maximum absolute atomic E-state index is 12.5. The van der Waals surface area contributed by atoms with Gasteiger partial charge in [0, 0.05) is 25.9 Å². The van der Waals surface area contributed by atoms with Crippen LogP contribution in [0.15, 0.2) is 30.3 Å². The lowest BCUT2D eigenvalue weighted by Gasteiger charge is -2.31. The van der Waals surface area contributed by atoms with E-state index in [1.165, 1.54) is 17.4 Å². The zero-order valence-electron chi connectivity index (χ0n) is 14.1. The molecule has 2 aliphatic rings. The average molecular weight is 330 g/mol. The minimum Gasteiger partial charge on any atom is -0.391 e. The number of aliphatic hydroxyl groups excluding tert-OH is 1. The summed E-state index contributed by atoms with van der Waals surface area (Å²) in [5, 5.41) is 12.9. The third-order valence-corrected chi connectivity index (χ3v) is 5.33. The lowest BCUT2D eigenvalue weighted by atomic mass is 9.81. The summed E-state index contributed by atoms with van der Waals surface area (Å²) < 4.78 is 0. The van der Waals surface area contributed by atoms with Crippen molar-refractivity contribution in [3.8, 4) is 0 Å². The van der Waals surface area contributed by atoms with Gasteiger partial charge in [-0.15, -0.1) is 0 Å². The van der Waals surface area contributed by atoms with Crippen LogP contribution in [0, 0.1) is 0 Å². The van der Waals surface area contributed by atoms with Crippen LogP contribution in [-0.4, -0.2) is 46.6 Å². The van der Waals surface area contributed by atoms with Crippen LogP contribution < -0.4 is 5.32 Å². The molecule has 2 amide bonds. The zero-order valence-corrected chi connectivity index (χ0v) is 14.1. The van der Waals surface area contributed by atoms with Crippen LogP contribution in [0.3, 0.4) is 0 Å². The third-order valence-electron chi connectivity index (χ3n) is 5.33. The number of carbonyl (C=O) groups is 2. The number of carbonyl (C=O) groups excluding carboxylic acids is 2. The summed E-state index contributed by atoms with van der Waals surface area (Å²) in [4.78, 5) is 25.6. The number of benzene rings is 1. The van der Waals surface area contributed by atoms with Crippen molar-refractivity contribution in [3.63, 3.8) is 0 Å². The van der Waals surface area contributed by atoms with Crippen LogP contribution in [0.4, 0.5) is 0 Å². The fourth-order valence-electron chi connectivity index (χ4n) is 4.00. The van der Waals surface area contributed by atoms with Crippen LogP contribution in [0.2, 0.25) is 0 Å². The van der Waals surface area contributed by atoms with Crippen molar-refractivity contribution in [2.75, 3.05) is 6.54 Å². The number of hydrogen-bond acceptors (Lipinski definition) is 3. The van der Waals surface area contributed by atoms with Crippen LogP contribution in [0.1, 0.15) is 50.5 Å². The molecule has 1 aliphatic heterocycles. The van der Waals surface area contributed by atoms with Crippen molar-refractivity contribution in [1.82, 2.24) is 10.2 Å². The van der Waals surface area contributed by atoms with Gasteiger partial charge in [-0.05, 0) is 37.2 Å². The fraction of sp³-hybridized carbons (Fsp3) is 0.579. The first-order valence-electron chi connectivity index (χ1n) is 8.85. The largest absolute Gasteiger partial charge is 0.391 e. The second-order valence-electron chi connectivity index (χ2n) is 7.04. The smallest absolute Gasteiger partial charge is 0.243 e. The molecule has 0 bridgehead atoms. The summed E-state index contributed by atoms with van der Waals surface area (Å²) in [6.45, 7) is 1.71. The van der Waals surface area contributed by atoms with Crippen molar-refractivity contribution in [2.45, 2.75) is 63.1 Å². The first kappa shape index (κ1) is 17.0. The Morgan fingerprint density at radius 1 is 1.12 bits per heavy atom. The number of likely N-dealkylation sites (tertiary alicyclic amines) is 1. The van der Waals surface area contributed by atoms with Gasteiger partial charge in [-0.3, -0.25) is 9.59 Å².